The summed E-state index contributed by atoms with van der Waals surface area (Å²) in [6.45, 7) is 1.93. The maximum atomic E-state index is 13.5. The first-order valence-electron chi connectivity index (χ1n) is 11.6. The largest absolute Gasteiger partial charge is 0.476 e. The number of carbonyl (C=O) groups is 1. The smallest absolute Gasteiger partial charge is 0.267 e. The van der Waals surface area contributed by atoms with Crippen LogP contribution < -0.4 is 19.3 Å². The highest BCUT2D eigenvalue weighted by Crippen LogP contribution is 2.37. The first-order valence-corrected chi connectivity index (χ1v) is 13.4. The van der Waals surface area contributed by atoms with E-state index in [-0.39, 0.29) is 11.4 Å². The zero-order chi connectivity index (χ0) is 24.4. The third-order valence-electron chi connectivity index (χ3n) is 6.28. The van der Waals surface area contributed by atoms with Gasteiger partial charge in [0.15, 0.2) is 6.10 Å². The molecule has 3 aromatic rings. The van der Waals surface area contributed by atoms with Crippen molar-refractivity contribution in [3.63, 3.8) is 0 Å². The van der Waals surface area contributed by atoms with Gasteiger partial charge in [0.05, 0.1) is 17.1 Å². The highest BCUT2D eigenvalue weighted by atomic mass is 35.5. The van der Waals surface area contributed by atoms with Crippen LogP contribution in [0.15, 0.2) is 77.7 Å². The molecule has 182 valence electrons. The van der Waals surface area contributed by atoms with Gasteiger partial charge in [-0.05, 0) is 79.9 Å². The van der Waals surface area contributed by atoms with Crippen molar-refractivity contribution >= 4 is 44.6 Å². The number of carbonyl (C=O) groups excluding carboxylic acids is 1. The van der Waals surface area contributed by atoms with Gasteiger partial charge < -0.3 is 15.0 Å². The van der Waals surface area contributed by atoms with E-state index in [0.717, 1.165) is 18.8 Å². The molecule has 2 aliphatic heterocycles. The average molecular weight is 512 g/mol. The third-order valence-corrected chi connectivity index (χ3v) is 8.33. The summed E-state index contributed by atoms with van der Waals surface area (Å²) in [7, 11) is -3.94. The molecule has 1 fully saturated rings. The molecular formula is C26H26ClN3O4S. The molecule has 2 aliphatic rings. The van der Waals surface area contributed by atoms with E-state index in [0.29, 0.717) is 22.1 Å². The standard InChI is InChI=1S/C26H26ClN3O4S/c27-19-8-14-22(15-9-19)35(32,33)30-18-25(34-24-7-3-2-6-23(24)30)26(31)28-20-10-12-21(13-11-20)29-16-4-1-5-17-29/h2-3,6-15,25H,1,4-5,16-18H2,(H,28,31)/t25-/m0/s1. The fraction of sp³-hybridized carbons (Fsp3) is 0.269. The number of benzene rings is 3. The number of sulfonamides is 1. The van der Waals surface area contributed by atoms with Crippen LogP contribution in [0.1, 0.15) is 19.3 Å². The van der Waals surface area contributed by atoms with E-state index < -0.39 is 22.0 Å². The number of para-hydroxylation sites is 2. The third kappa shape index (κ3) is 4.94. The topological polar surface area (TPSA) is 79.0 Å². The van der Waals surface area contributed by atoms with Crippen molar-refractivity contribution in [1.82, 2.24) is 0 Å². The molecule has 3 aromatic carbocycles. The van der Waals surface area contributed by atoms with Crippen LogP contribution in [0.2, 0.25) is 5.02 Å². The summed E-state index contributed by atoms with van der Waals surface area (Å²) in [4.78, 5) is 15.6. The summed E-state index contributed by atoms with van der Waals surface area (Å²) in [5, 5.41) is 3.31. The number of ether oxygens (including phenoxy) is 1. The van der Waals surface area contributed by atoms with Gasteiger partial charge in [0.1, 0.15) is 5.75 Å². The summed E-state index contributed by atoms with van der Waals surface area (Å²) in [6.07, 6.45) is 2.62. The van der Waals surface area contributed by atoms with Crippen LogP contribution in [-0.4, -0.2) is 40.1 Å². The van der Waals surface area contributed by atoms with Crippen LogP contribution in [0.25, 0.3) is 0 Å². The molecule has 0 saturated carbocycles. The van der Waals surface area contributed by atoms with Gasteiger partial charge in [-0.25, -0.2) is 8.42 Å². The molecule has 0 unspecified atom stereocenters. The summed E-state index contributed by atoms with van der Waals surface area (Å²) >= 11 is 5.94. The first kappa shape index (κ1) is 23.5. The molecule has 0 aromatic heterocycles. The summed E-state index contributed by atoms with van der Waals surface area (Å²) in [5.74, 6) is -0.0848. The molecule has 1 amide bonds. The number of halogens is 1. The van der Waals surface area contributed by atoms with Crippen LogP contribution in [-0.2, 0) is 14.8 Å². The lowest BCUT2D eigenvalue weighted by atomic mass is 10.1. The number of piperidine rings is 1. The molecule has 0 spiro atoms. The highest BCUT2D eigenvalue weighted by molar-refractivity contribution is 7.92. The van der Waals surface area contributed by atoms with Gasteiger partial charge in [-0.15, -0.1) is 0 Å². The van der Waals surface area contributed by atoms with Crippen LogP contribution in [0.3, 0.4) is 0 Å². The van der Waals surface area contributed by atoms with Gasteiger partial charge in [-0.3, -0.25) is 9.10 Å². The fourth-order valence-electron chi connectivity index (χ4n) is 4.43. The maximum absolute atomic E-state index is 13.5. The molecule has 1 saturated heterocycles. The van der Waals surface area contributed by atoms with Gasteiger partial charge in [0.2, 0.25) is 0 Å². The van der Waals surface area contributed by atoms with Gasteiger partial charge in [0.25, 0.3) is 15.9 Å². The van der Waals surface area contributed by atoms with Crippen LogP contribution in [0.4, 0.5) is 17.1 Å². The number of amides is 1. The van der Waals surface area contributed by atoms with Gasteiger partial charge in [-0.2, -0.15) is 0 Å². The second kappa shape index (κ2) is 9.79. The molecule has 2 heterocycles. The molecular weight excluding hydrogens is 486 g/mol. The Morgan fingerprint density at radius 2 is 1.60 bits per heavy atom. The zero-order valence-electron chi connectivity index (χ0n) is 19.1. The minimum Gasteiger partial charge on any atom is -0.476 e. The van der Waals surface area contributed by atoms with Gasteiger partial charge in [0, 0.05) is 29.5 Å². The lowest BCUT2D eigenvalue weighted by Gasteiger charge is -2.34. The zero-order valence-corrected chi connectivity index (χ0v) is 20.6. The van der Waals surface area contributed by atoms with Crippen molar-refractivity contribution in [1.29, 1.82) is 0 Å². The Morgan fingerprint density at radius 3 is 2.31 bits per heavy atom. The highest BCUT2D eigenvalue weighted by Gasteiger charge is 2.37. The number of hydrogen-bond donors (Lipinski definition) is 1. The van der Waals surface area contributed by atoms with E-state index in [9.17, 15) is 13.2 Å². The second-order valence-electron chi connectivity index (χ2n) is 8.65. The van der Waals surface area contributed by atoms with Crippen molar-refractivity contribution in [2.75, 3.05) is 34.2 Å². The number of anilines is 3. The number of fused-ring (bicyclic) bond motifs is 1. The molecule has 0 bridgehead atoms. The molecule has 7 nitrogen and oxygen atoms in total. The van der Waals surface area contributed by atoms with Crippen molar-refractivity contribution in [2.24, 2.45) is 0 Å². The maximum Gasteiger partial charge on any atom is 0.267 e. The number of hydrogen-bond acceptors (Lipinski definition) is 5. The summed E-state index contributed by atoms with van der Waals surface area (Å²) < 4.78 is 34.1. The monoisotopic (exact) mass is 511 g/mol. The van der Waals surface area contributed by atoms with Gasteiger partial charge in [-0.1, -0.05) is 23.7 Å². The molecule has 0 aliphatic carbocycles. The number of rotatable bonds is 5. The van der Waals surface area contributed by atoms with E-state index in [1.165, 1.54) is 47.8 Å². The van der Waals surface area contributed by atoms with E-state index in [1.54, 1.807) is 24.3 Å². The van der Waals surface area contributed by atoms with Crippen molar-refractivity contribution in [2.45, 2.75) is 30.3 Å². The lowest BCUT2D eigenvalue weighted by Crippen LogP contribution is -2.48. The lowest BCUT2D eigenvalue weighted by molar-refractivity contribution is -0.122. The van der Waals surface area contributed by atoms with E-state index in [2.05, 4.69) is 10.2 Å². The average Bonchev–Trinajstić information content (AvgIpc) is 2.89. The molecule has 1 N–H and O–H groups in total. The minimum absolute atomic E-state index is 0.0889. The Labute approximate surface area is 210 Å². The van der Waals surface area contributed by atoms with Gasteiger partial charge >= 0.3 is 0 Å². The minimum atomic E-state index is -3.94. The Balaban J connectivity index is 1.36. The summed E-state index contributed by atoms with van der Waals surface area (Å²) in [5.41, 5.74) is 2.15. The molecule has 35 heavy (non-hydrogen) atoms. The number of nitrogens with zero attached hydrogens (tertiary/aromatic N) is 2. The molecule has 0 radical (unpaired) electrons. The Morgan fingerprint density at radius 1 is 0.914 bits per heavy atom. The SMILES string of the molecule is O=C(Nc1ccc(N2CCCCC2)cc1)[C@@H]1CN(S(=O)(=O)c2ccc(Cl)cc2)c2ccccc2O1. The number of nitrogens with one attached hydrogen (secondary N) is 1. The van der Waals surface area contributed by atoms with Crippen molar-refractivity contribution < 1.29 is 17.9 Å². The Kier molecular flexibility index (Phi) is 6.58. The van der Waals surface area contributed by atoms with Crippen LogP contribution >= 0.6 is 11.6 Å². The fourth-order valence-corrected chi connectivity index (χ4v) is 6.03. The van der Waals surface area contributed by atoms with Crippen molar-refractivity contribution in [3.05, 3.63) is 77.8 Å². The molecule has 1 atom stereocenters. The molecule has 9 heteroatoms. The predicted octanol–water partition coefficient (Wildman–Crippen LogP) is 4.93. The quantitative estimate of drug-likeness (QED) is 0.525. The first-order chi connectivity index (χ1) is 16.9. The van der Waals surface area contributed by atoms with Crippen LogP contribution in [0, 0.1) is 0 Å². The molecule has 5 rings (SSSR count). The van der Waals surface area contributed by atoms with Crippen LogP contribution in [0.5, 0.6) is 5.75 Å². The van der Waals surface area contributed by atoms with E-state index in [4.69, 9.17) is 16.3 Å². The second-order valence-corrected chi connectivity index (χ2v) is 10.9. The Bertz CT molecular complexity index is 1310. The Hall–Kier alpha value is -3.23. The van der Waals surface area contributed by atoms with Crippen molar-refractivity contribution in [3.8, 4) is 5.75 Å². The predicted molar refractivity (Wildman–Crippen MR) is 138 cm³/mol. The summed E-state index contributed by atoms with van der Waals surface area (Å²) in [6, 6.07) is 20.5. The van der Waals surface area contributed by atoms with E-state index >= 15 is 0 Å². The normalized spacial score (nSPS) is 17.9. The van der Waals surface area contributed by atoms with E-state index in [1.807, 2.05) is 24.3 Å².